The molecule has 0 radical (unpaired) electrons. The minimum Gasteiger partial charge on any atom is -0.498 e. The minimum absolute atomic E-state index is 0.0912. The van der Waals surface area contributed by atoms with Crippen LogP contribution >= 0.6 is 0 Å². The Morgan fingerprint density at radius 2 is 2.32 bits per heavy atom. The number of nitrogen functional groups attached to an aromatic ring is 1. The van der Waals surface area contributed by atoms with Gasteiger partial charge in [-0.1, -0.05) is 0 Å². The van der Waals surface area contributed by atoms with E-state index in [4.69, 9.17) is 15.2 Å². The van der Waals surface area contributed by atoms with Crippen LogP contribution in [0, 0.1) is 0 Å². The van der Waals surface area contributed by atoms with Gasteiger partial charge in [0.1, 0.15) is 18.5 Å². The summed E-state index contributed by atoms with van der Waals surface area (Å²) in [7, 11) is 0. The molecule has 1 aliphatic rings. The summed E-state index contributed by atoms with van der Waals surface area (Å²) in [5.74, 6) is -3.76. The van der Waals surface area contributed by atoms with Gasteiger partial charge in [-0.2, -0.15) is 13.8 Å². The van der Waals surface area contributed by atoms with E-state index in [0.717, 1.165) is 11.8 Å². The second-order valence-electron chi connectivity index (χ2n) is 5.22. The van der Waals surface area contributed by atoms with Crippen LogP contribution in [0.2, 0.25) is 0 Å². The molecule has 1 aromatic heterocycles. The van der Waals surface area contributed by atoms with Gasteiger partial charge in [-0.05, 0) is 25.5 Å². The summed E-state index contributed by atoms with van der Waals surface area (Å²) >= 11 is 0. The molecule has 3 N–H and O–H groups in total. The van der Waals surface area contributed by atoms with Gasteiger partial charge in [0.05, 0.1) is 6.26 Å². The number of rotatable bonds is 4. The topological polar surface area (TPSA) is 99.6 Å². The highest BCUT2D eigenvalue weighted by Crippen LogP contribution is 2.42. The number of nitrogens with zero attached hydrogens (tertiary/aromatic N) is 2. The third-order valence-corrected chi connectivity index (χ3v) is 3.06. The van der Waals surface area contributed by atoms with Crippen molar-refractivity contribution in [1.29, 1.82) is 0 Å². The van der Waals surface area contributed by atoms with E-state index in [9.17, 15) is 18.7 Å². The van der Waals surface area contributed by atoms with Crippen molar-refractivity contribution in [3.8, 4) is 0 Å². The first-order valence-corrected chi connectivity index (χ1v) is 6.54. The maximum absolute atomic E-state index is 14.1. The molecule has 1 fully saturated rings. The van der Waals surface area contributed by atoms with Crippen LogP contribution in [0.25, 0.3) is 0 Å². The van der Waals surface area contributed by atoms with Crippen LogP contribution in [-0.4, -0.2) is 39.4 Å². The fourth-order valence-electron chi connectivity index (χ4n) is 2.02. The number of alkyl halides is 2. The smallest absolute Gasteiger partial charge is 0.351 e. The molecule has 0 unspecified atom stereocenters. The molecule has 0 aromatic carbocycles. The molecule has 0 bridgehead atoms. The monoisotopic (exact) mass is 317 g/mol. The van der Waals surface area contributed by atoms with Gasteiger partial charge in [0.2, 0.25) is 6.23 Å². The van der Waals surface area contributed by atoms with Gasteiger partial charge < -0.3 is 20.3 Å². The fourth-order valence-corrected chi connectivity index (χ4v) is 2.02. The van der Waals surface area contributed by atoms with E-state index in [0.29, 0.717) is 4.57 Å². The first-order chi connectivity index (χ1) is 10.2. The van der Waals surface area contributed by atoms with Gasteiger partial charge in [-0.25, -0.2) is 4.79 Å². The Morgan fingerprint density at radius 3 is 2.91 bits per heavy atom. The molecular weight excluding hydrogens is 300 g/mol. The molecule has 9 heteroatoms. The van der Waals surface area contributed by atoms with E-state index in [1.165, 1.54) is 12.3 Å². The van der Waals surface area contributed by atoms with Crippen molar-refractivity contribution in [3.05, 3.63) is 34.6 Å². The molecule has 7 nitrogen and oxygen atoms in total. The number of nitrogens with two attached hydrogens (primary N) is 1. The lowest BCUT2D eigenvalue weighted by atomic mass is 10.1. The highest BCUT2D eigenvalue weighted by molar-refractivity contribution is 5.23. The number of hydrogen-bond acceptors (Lipinski definition) is 6. The zero-order chi connectivity index (χ0) is 16.5. The van der Waals surface area contributed by atoms with Gasteiger partial charge in [0.15, 0.2) is 6.10 Å². The molecular formula is C13H17F2N3O4. The van der Waals surface area contributed by atoms with E-state index in [1.54, 1.807) is 13.8 Å². The van der Waals surface area contributed by atoms with Crippen molar-refractivity contribution in [1.82, 2.24) is 9.55 Å². The molecule has 2 rings (SSSR count). The lowest BCUT2D eigenvalue weighted by molar-refractivity contribution is -0.141. The van der Waals surface area contributed by atoms with E-state index in [2.05, 4.69) is 4.98 Å². The average molecular weight is 317 g/mol. The maximum atomic E-state index is 14.1. The van der Waals surface area contributed by atoms with Crippen molar-refractivity contribution < 1.29 is 23.4 Å². The number of hydrogen-bond donors (Lipinski definition) is 2. The zero-order valence-electron chi connectivity index (χ0n) is 12.1. The molecule has 122 valence electrons. The third-order valence-electron chi connectivity index (χ3n) is 3.06. The average Bonchev–Trinajstić information content (AvgIpc) is 2.62. The Hall–Kier alpha value is -2.00. The number of aliphatic hydroxyl groups excluding tert-OH is 1. The Balaban J connectivity index is 2.22. The normalized spacial score (nSPS) is 26.7. The predicted molar refractivity (Wildman–Crippen MR) is 73.2 cm³/mol. The van der Waals surface area contributed by atoms with Crippen LogP contribution in [0.3, 0.4) is 0 Å². The van der Waals surface area contributed by atoms with Crippen molar-refractivity contribution in [3.63, 3.8) is 0 Å². The summed E-state index contributed by atoms with van der Waals surface area (Å²) in [5, 5.41) is 9.72. The Bertz CT molecular complexity index is 628. The quantitative estimate of drug-likeness (QED) is 0.791. The Morgan fingerprint density at radius 1 is 1.64 bits per heavy atom. The molecule has 1 aliphatic heterocycles. The predicted octanol–water partition coefficient (Wildman–Crippen LogP) is 0.659. The SMILES string of the molecule is CC(C)=COC[C@H]1O[C@@H](n2ccc(N)nc2=O)C(F)(F)[C@@H]1O. The molecule has 1 aromatic rings. The number of anilines is 1. The zero-order valence-corrected chi connectivity index (χ0v) is 12.1. The van der Waals surface area contributed by atoms with Gasteiger partial charge in [-0.3, -0.25) is 4.57 Å². The lowest BCUT2D eigenvalue weighted by Crippen LogP contribution is -2.41. The number of aromatic nitrogens is 2. The molecule has 0 saturated carbocycles. The standard InChI is InChI=1S/C13H17F2N3O4/c1-7(2)5-21-6-8-10(19)13(14,15)11(22-8)18-4-3-9(16)17-12(18)20/h3-5,8,10-11,19H,6H2,1-2H3,(H2,16,17,20)/t8-,10-,11-/m1/s1. The van der Waals surface area contributed by atoms with Gasteiger partial charge >= 0.3 is 11.6 Å². The van der Waals surface area contributed by atoms with Crippen molar-refractivity contribution >= 4 is 5.82 Å². The van der Waals surface area contributed by atoms with Crippen LogP contribution in [0.4, 0.5) is 14.6 Å². The maximum Gasteiger partial charge on any atom is 0.351 e. The molecule has 0 aliphatic carbocycles. The summed E-state index contributed by atoms with van der Waals surface area (Å²) in [6.45, 7) is 3.27. The second kappa shape index (κ2) is 6.01. The summed E-state index contributed by atoms with van der Waals surface area (Å²) in [6.07, 6.45) is -2.93. The largest absolute Gasteiger partial charge is 0.498 e. The van der Waals surface area contributed by atoms with Crippen LogP contribution in [-0.2, 0) is 9.47 Å². The molecule has 2 heterocycles. The summed E-state index contributed by atoms with van der Waals surface area (Å²) < 4.78 is 39.1. The van der Waals surface area contributed by atoms with Crippen molar-refractivity contribution in [2.75, 3.05) is 12.3 Å². The number of ether oxygens (including phenoxy) is 2. The van der Waals surface area contributed by atoms with E-state index >= 15 is 0 Å². The molecule has 0 amide bonds. The first-order valence-electron chi connectivity index (χ1n) is 6.54. The van der Waals surface area contributed by atoms with Crippen LogP contribution in [0.1, 0.15) is 20.1 Å². The Kier molecular flexibility index (Phi) is 4.47. The first kappa shape index (κ1) is 16.4. The Labute approximate surface area is 125 Å². The van der Waals surface area contributed by atoms with Crippen LogP contribution < -0.4 is 11.4 Å². The molecule has 1 saturated heterocycles. The van der Waals surface area contributed by atoms with E-state index in [-0.39, 0.29) is 12.4 Å². The van der Waals surface area contributed by atoms with Crippen molar-refractivity contribution in [2.45, 2.75) is 38.2 Å². The molecule has 0 spiro atoms. The second-order valence-corrected chi connectivity index (χ2v) is 5.22. The molecule has 3 atom stereocenters. The third kappa shape index (κ3) is 3.09. The summed E-state index contributed by atoms with van der Waals surface area (Å²) in [5.41, 5.74) is 5.16. The lowest BCUT2D eigenvalue weighted by Gasteiger charge is -2.20. The van der Waals surface area contributed by atoms with Gasteiger partial charge in [0, 0.05) is 6.20 Å². The highest BCUT2D eigenvalue weighted by Gasteiger charge is 2.59. The van der Waals surface area contributed by atoms with Gasteiger partial charge in [-0.15, -0.1) is 0 Å². The number of aliphatic hydroxyl groups is 1. The highest BCUT2D eigenvalue weighted by atomic mass is 19.3. The van der Waals surface area contributed by atoms with Crippen LogP contribution in [0.15, 0.2) is 28.9 Å². The summed E-state index contributed by atoms with van der Waals surface area (Å²) in [4.78, 5) is 15.0. The minimum atomic E-state index is -3.67. The number of halogens is 2. The van der Waals surface area contributed by atoms with E-state index < -0.39 is 30.0 Å². The molecule has 22 heavy (non-hydrogen) atoms. The van der Waals surface area contributed by atoms with Gasteiger partial charge in [0.25, 0.3) is 0 Å². The van der Waals surface area contributed by atoms with Crippen LogP contribution in [0.5, 0.6) is 0 Å². The summed E-state index contributed by atoms with van der Waals surface area (Å²) in [6, 6.07) is 1.19. The van der Waals surface area contributed by atoms with E-state index in [1.807, 2.05) is 0 Å². The number of allylic oxidation sites excluding steroid dienone is 1. The fraction of sp³-hybridized carbons (Fsp3) is 0.538. The van der Waals surface area contributed by atoms with Crippen molar-refractivity contribution in [2.24, 2.45) is 0 Å².